The maximum Gasteiger partial charge on any atom is 0.0629 e. The third-order valence-electron chi connectivity index (χ3n) is 2.76. The lowest BCUT2D eigenvalue weighted by molar-refractivity contribution is 0.581. The minimum absolute atomic E-state index is 0.472. The minimum Gasteiger partial charge on any atom is -0.340 e. The van der Waals surface area contributed by atoms with Crippen molar-refractivity contribution in [2.24, 2.45) is 0 Å². The van der Waals surface area contributed by atoms with E-state index in [0.717, 1.165) is 6.54 Å². The first kappa shape index (κ1) is 11.7. The summed E-state index contributed by atoms with van der Waals surface area (Å²) in [5.74, 6) is 0. The Kier molecular flexibility index (Phi) is 3.36. The average Bonchev–Trinajstić information content (AvgIpc) is 2.58. The Morgan fingerprint density at radius 1 is 1.38 bits per heavy atom. The summed E-state index contributed by atoms with van der Waals surface area (Å²) in [4.78, 5) is 0. The van der Waals surface area contributed by atoms with Crippen LogP contribution in [0.3, 0.4) is 0 Å². The summed E-state index contributed by atoms with van der Waals surface area (Å²) in [6.07, 6.45) is 0. The van der Waals surface area contributed by atoms with Crippen molar-refractivity contribution in [1.82, 2.24) is 9.88 Å². The van der Waals surface area contributed by atoms with Gasteiger partial charge in [0.1, 0.15) is 0 Å². The van der Waals surface area contributed by atoms with E-state index in [0.29, 0.717) is 6.04 Å². The molecule has 1 aromatic carbocycles. The first-order valence-corrected chi connectivity index (χ1v) is 6.37. The van der Waals surface area contributed by atoms with Gasteiger partial charge in [-0.15, -0.1) is 0 Å². The van der Waals surface area contributed by atoms with E-state index in [1.807, 2.05) is 7.05 Å². The summed E-state index contributed by atoms with van der Waals surface area (Å²) >= 11 is 3.64. The number of nitrogens with one attached hydrogen (secondary N) is 1. The molecular formula is C13H17BrN2. The normalized spacial score (nSPS) is 11.6. The van der Waals surface area contributed by atoms with Crippen molar-refractivity contribution in [2.45, 2.75) is 26.4 Å². The smallest absolute Gasteiger partial charge is 0.0629 e. The molecule has 0 atom stereocenters. The molecule has 86 valence electrons. The number of para-hydroxylation sites is 1. The zero-order valence-electron chi connectivity index (χ0n) is 9.92. The Labute approximate surface area is 105 Å². The third-order valence-corrected chi connectivity index (χ3v) is 3.40. The van der Waals surface area contributed by atoms with Crippen molar-refractivity contribution in [1.29, 1.82) is 0 Å². The Balaban J connectivity index is 2.72. The molecule has 2 nitrogen and oxygen atoms in total. The van der Waals surface area contributed by atoms with Gasteiger partial charge in [-0.25, -0.2) is 0 Å². The highest BCUT2D eigenvalue weighted by molar-refractivity contribution is 9.10. The van der Waals surface area contributed by atoms with Crippen LogP contribution < -0.4 is 5.32 Å². The quantitative estimate of drug-likeness (QED) is 0.907. The van der Waals surface area contributed by atoms with E-state index >= 15 is 0 Å². The van der Waals surface area contributed by atoms with Crippen molar-refractivity contribution in [3.8, 4) is 0 Å². The van der Waals surface area contributed by atoms with Gasteiger partial charge in [0.05, 0.1) is 5.52 Å². The zero-order valence-corrected chi connectivity index (χ0v) is 11.5. The lowest BCUT2D eigenvalue weighted by Gasteiger charge is -2.15. The number of rotatable bonds is 3. The van der Waals surface area contributed by atoms with E-state index in [9.17, 15) is 0 Å². The summed E-state index contributed by atoms with van der Waals surface area (Å²) in [5.41, 5.74) is 2.63. The number of halogens is 1. The molecule has 0 radical (unpaired) electrons. The van der Waals surface area contributed by atoms with Gasteiger partial charge >= 0.3 is 0 Å². The second-order valence-electron chi connectivity index (χ2n) is 4.31. The number of benzene rings is 1. The highest BCUT2D eigenvalue weighted by Crippen LogP contribution is 2.30. The maximum absolute atomic E-state index is 3.64. The van der Waals surface area contributed by atoms with Crippen LogP contribution in [0.1, 0.15) is 25.6 Å². The molecule has 0 spiro atoms. The molecule has 1 N–H and O–H groups in total. The van der Waals surface area contributed by atoms with Crippen molar-refractivity contribution >= 4 is 26.8 Å². The Morgan fingerprint density at radius 3 is 2.75 bits per heavy atom. The average molecular weight is 281 g/mol. The lowest BCUT2D eigenvalue weighted by atomic mass is 10.2. The first-order valence-electron chi connectivity index (χ1n) is 5.58. The van der Waals surface area contributed by atoms with Crippen LogP contribution in [0.15, 0.2) is 28.7 Å². The van der Waals surface area contributed by atoms with Gasteiger partial charge in [0.25, 0.3) is 0 Å². The second-order valence-corrected chi connectivity index (χ2v) is 5.16. The predicted molar refractivity (Wildman–Crippen MR) is 72.8 cm³/mol. The monoisotopic (exact) mass is 280 g/mol. The van der Waals surface area contributed by atoms with E-state index in [1.54, 1.807) is 0 Å². The molecule has 0 amide bonds. The molecule has 3 heteroatoms. The molecule has 0 fully saturated rings. The van der Waals surface area contributed by atoms with Crippen LogP contribution >= 0.6 is 15.9 Å². The number of fused-ring (bicyclic) bond motifs is 1. The standard InChI is InChI=1S/C13H17BrN2/c1-9(2)16-11(8-15-3)7-10-5-4-6-12(14)13(10)16/h4-7,9,15H,8H2,1-3H3. The van der Waals surface area contributed by atoms with Crippen LogP contribution in [-0.2, 0) is 6.54 Å². The highest BCUT2D eigenvalue weighted by Gasteiger charge is 2.12. The van der Waals surface area contributed by atoms with Crippen LogP contribution in [0.5, 0.6) is 0 Å². The number of hydrogen-bond donors (Lipinski definition) is 1. The molecule has 0 aliphatic heterocycles. The van der Waals surface area contributed by atoms with E-state index in [4.69, 9.17) is 0 Å². The van der Waals surface area contributed by atoms with Crippen molar-refractivity contribution in [2.75, 3.05) is 7.05 Å². The van der Waals surface area contributed by atoms with Crippen molar-refractivity contribution < 1.29 is 0 Å². The summed E-state index contributed by atoms with van der Waals surface area (Å²) in [6, 6.07) is 9.08. The molecule has 16 heavy (non-hydrogen) atoms. The molecule has 0 unspecified atom stereocenters. The summed E-state index contributed by atoms with van der Waals surface area (Å²) in [6.45, 7) is 5.34. The fraction of sp³-hybridized carbons (Fsp3) is 0.385. The van der Waals surface area contributed by atoms with Crippen LogP contribution in [0, 0.1) is 0 Å². The van der Waals surface area contributed by atoms with Crippen LogP contribution in [0.4, 0.5) is 0 Å². The molecule has 0 bridgehead atoms. The molecule has 1 aromatic heterocycles. The summed E-state index contributed by atoms with van der Waals surface area (Å²) in [5, 5.41) is 4.52. The van der Waals surface area contributed by atoms with Gasteiger partial charge < -0.3 is 9.88 Å². The number of aromatic nitrogens is 1. The lowest BCUT2D eigenvalue weighted by Crippen LogP contribution is -2.12. The molecular weight excluding hydrogens is 264 g/mol. The number of hydrogen-bond acceptors (Lipinski definition) is 1. The first-order chi connectivity index (χ1) is 7.65. The minimum atomic E-state index is 0.472. The Morgan fingerprint density at radius 2 is 2.12 bits per heavy atom. The van der Waals surface area contributed by atoms with E-state index in [-0.39, 0.29) is 0 Å². The van der Waals surface area contributed by atoms with Crippen LogP contribution in [0.25, 0.3) is 10.9 Å². The fourth-order valence-electron chi connectivity index (χ4n) is 2.20. The highest BCUT2D eigenvalue weighted by atomic mass is 79.9. The predicted octanol–water partition coefficient (Wildman–Crippen LogP) is 3.70. The Bertz CT molecular complexity index is 500. The molecule has 2 rings (SSSR count). The van der Waals surface area contributed by atoms with Gasteiger partial charge in [-0.05, 0) is 49.0 Å². The molecule has 0 saturated carbocycles. The molecule has 0 aliphatic carbocycles. The fourth-order valence-corrected chi connectivity index (χ4v) is 2.78. The second kappa shape index (κ2) is 4.60. The SMILES string of the molecule is CNCc1cc2cccc(Br)c2n1C(C)C. The Hall–Kier alpha value is -0.800. The van der Waals surface area contributed by atoms with Gasteiger partial charge in [-0.3, -0.25) is 0 Å². The van der Waals surface area contributed by atoms with E-state index in [2.05, 4.69) is 63.9 Å². The summed E-state index contributed by atoms with van der Waals surface area (Å²) < 4.78 is 3.55. The van der Waals surface area contributed by atoms with E-state index in [1.165, 1.54) is 21.1 Å². The van der Waals surface area contributed by atoms with Crippen LogP contribution in [-0.4, -0.2) is 11.6 Å². The van der Waals surface area contributed by atoms with Gasteiger partial charge in [-0.2, -0.15) is 0 Å². The zero-order chi connectivity index (χ0) is 11.7. The molecule has 0 saturated heterocycles. The molecule has 1 heterocycles. The third kappa shape index (κ3) is 1.89. The summed E-state index contributed by atoms with van der Waals surface area (Å²) in [7, 11) is 1.98. The van der Waals surface area contributed by atoms with Crippen molar-refractivity contribution in [3.63, 3.8) is 0 Å². The largest absolute Gasteiger partial charge is 0.340 e. The van der Waals surface area contributed by atoms with E-state index < -0.39 is 0 Å². The van der Waals surface area contributed by atoms with Crippen molar-refractivity contribution in [3.05, 3.63) is 34.4 Å². The van der Waals surface area contributed by atoms with Gasteiger partial charge in [0.15, 0.2) is 0 Å². The molecule has 0 aliphatic rings. The number of nitrogens with zero attached hydrogens (tertiary/aromatic N) is 1. The topological polar surface area (TPSA) is 17.0 Å². The molecule has 2 aromatic rings. The van der Waals surface area contributed by atoms with Gasteiger partial charge in [0.2, 0.25) is 0 Å². The van der Waals surface area contributed by atoms with Crippen LogP contribution in [0.2, 0.25) is 0 Å². The maximum atomic E-state index is 3.64. The van der Waals surface area contributed by atoms with Gasteiger partial charge in [-0.1, -0.05) is 12.1 Å². The van der Waals surface area contributed by atoms with Gasteiger partial charge in [0, 0.05) is 28.1 Å².